The maximum Gasteiger partial charge on any atom is 0.234 e. The van der Waals surface area contributed by atoms with E-state index in [-0.39, 0.29) is 30.0 Å². The van der Waals surface area contributed by atoms with E-state index in [0.717, 1.165) is 16.9 Å². The van der Waals surface area contributed by atoms with Crippen LogP contribution < -0.4 is 14.8 Å². The number of nitrogens with one attached hydrogen (secondary N) is 1. The van der Waals surface area contributed by atoms with Crippen molar-refractivity contribution in [2.75, 3.05) is 38.8 Å². The van der Waals surface area contributed by atoms with Crippen molar-refractivity contribution in [1.29, 1.82) is 0 Å². The first-order valence-corrected chi connectivity index (χ1v) is 13.0. The van der Waals surface area contributed by atoms with Crippen LogP contribution in [0.3, 0.4) is 0 Å². The number of amides is 1. The molecule has 1 aromatic heterocycles. The first-order valence-electron chi connectivity index (χ1n) is 10.3. The van der Waals surface area contributed by atoms with Gasteiger partial charge in [-0.1, -0.05) is 6.07 Å². The lowest BCUT2D eigenvalue weighted by molar-refractivity contribution is -0.124. The SMILES string of the molecule is COc1cc2c(cc1OC)[C@@H](c1cccs1)N(CC(=O)N[C@@]1(C)CCS(=O)(=O)C1)CC2. The van der Waals surface area contributed by atoms with Crippen LogP contribution in [-0.2, 0) is 21.1 Å². The smallest absolute Gasteiger partial charge is 0.234 e. The summed E-state index contributed by atoms with van der Waals surface area (Å²) in [6.07, 6.45) is 1.24. The minimum absolute atomic E-state index is 0.0000793. The monoisotopic (exact) mass is 464 g/mol. The number of nitrogens with zero attached hydrogens (tertiary/aromatic N) is 1. The molecule has 9 heteroatoms. The first-order chi connectivity index (χ1) is 14.7. The normalized spacial score (nSPS) is 25.1. The number of hydrogen-bond acceptors (Lipinski definition) is 7. The van der Waals surface area contributed by atoms with Crippen LogP contribution in [0.25, 0.3) is 0 Å². The van der Waals surface area contributed by atoms with Gasteiger partial charge in [0.2, 0.25) is 5.91 Å². The van der Waals surface area contributed by atoms with Crippen molar-refractivity contribution in [3.8, 4) is 11.5 Å². The van der Waals surface area contributed by atoms with Gasteiger partial charge in [-0.15, -0.1) is 11.3 Å². The summed E-state index contributed by atoms with van der Waals surface area (Å²) in [5, 5.41) is 5.02. The molecule has 3 heterocycles. The van der Waals surface area contributed by atoms with E-state index >= 15 is 0 Å². The number of benzene rings is 1. The van der Waals surface area contributed by atoms with Crippen molar-refractivity contribution in [3.63, 3.8) is 0 Å². The Bertz CT molecular complexity index is 1070. The second kappa shape index (κ2) is 8.44. The highest BCUT2D eigenvalue weighted by molar-refractivity contribution is 7.91. The number of ether oxygens (including phenoxy) is 2. The molecule has 1 N–H and O–H groups in total. The Labute approximate surface area is 187 Å². The summed E-state index contributed by atoms with van der Waals surface area (Å²) in [4.78, 5) is 16.2. The van der Waals surface area contributed by atoms with Crippen LogP contribution in [0.15, 0.2) is 29.6 Å². The third kappa shape index (κ3) is 4.58. The Kier molecular flexibility index (Phi) is 6.02. The van der Waals surface area contributed by atoms with Gasteiger partial charge in [-0.2, -0.15) is 0 Å². The highest BCUT2D eigenvalue weighted by Gasteiger charge is 2.40. The van der Waals surface area contributed by atoms with Crippen LogP contribution >= 0.6 is 11.3 Å². The number of sulfone groups is 1. The van der Waals surface area contributed by atoms with Crippen LogP contribution in [0.5, 0.6) is 11.5 Å². The molecular formula is C22H28N2O5S2. The van der Waals surface area contributed by atoms with E-state index < -0.39 is 15.4 Å². The number of fused-ring (bicyclic) bond motifs is 1. The van der Waals surface area contributed by atoms with Crippen LogP contribution in [0, 0.1) is 0 Å². The molecule has 168 valence electrons. The van der Waals surface area contributed by atoms with Crippen molar-refractivity contribution in [2.24, 2.45) is 0 Å². The van der Waals surface area contributed by atoms with E-state index in [0.29, 0.717) is 24.5 Å². The van der Waals surface area contributed by atoms with Crippen LogP contribution in [0.4, 0.5) is 0 Å². The van der Waals surface area contributed by atoms with Gasteiger partial charge in [0.15, 0.2) is 21.3 Å². The van der Waals surface area contributed by atoms with Gasteiger partial charge >= 0.3 is 0 Å². The average Bonchev–Trinajstić information content (AvgIpc) is 3.34. The van der Waals surface area contributed by atoms with Crippen LogP contribution in [-0.4, -0.2) is 63.6 Å². The molecule has 0 radical (unpaired) electrons. The third-order valence-electron chi connectivity index (χ3n) is 6.08. The number of carbonyl (C=O) groups is 1. The quantitative estimate of drug-likeness (QED) is 0.707. The summed E-state index contributed by atoms with van der Waals surface area (Å²) in [6, 6.07) is 8.05. The van der Waals surface area contributed by atoms with Gasteiger partial charge in [0.05, 0.1) is 43.9 Å². The number of methoxy groups -OCH3 is 2. The predicted octanol–water partition coefficient (Wildman–Crippen LogP) is 2.41. The molecule has 1 aromatic carbocycles. The molecule has 0 unspecified atom stereocenters. The molecule has 1 amide bonds. The molecule has 4 rings (SSSR count). The van der Waals surface area contributed by atoms with E-state index in [1.807, 2.05) is 30.5 Å². The van der Waals surface area contributed by atoms with E-state index in [1.54, 1.807) is 25.6 Å². The third-order valence-corrected chi connectivity index (χ3v) is 8.91. The first kappa shape index (κ1) is 22.1. The lowest BCUT2D eigenvalue weighted by atomic mass is 9.90. The maximum atomic E-state index is 12.9. The molecule has 0 bridgehead atoms. The second-order valence-corrected chi connectivity index (χ2v) is 11.7. The second-order valence-electron chi connectivity index (χ2n) is 8.50. The Morgan fingerprint density at radius 1 is 1.29 bits per heavy atom. The zero-order valence-electron chi connectivity index (χ0n) is 18.0. The van der Waals surface area contributed by atoms with Crippen molar-refractivity contribution in [3.05, 3.63) is 45.6 Å². The molecule has 2 aliphatic heterocycles. The van der Waals surface area contributed by atoms with E-state index in [4.69, 9.17) is 9.47 Å². The fourth-order valence-corrected chi connectivity index (χ4v) is 7.59. The highest BCUT2D eigenvalue weighted by atomic mass is 32.2. The van der Waals surface area contributed by atoms with Crippen LogP contribution in [0.2, 0.25) is 0 Å². The summed E-state index contributed by atoms with van der Waals surface area (Å²) >= 11 is 1.65. The number of carbonyl (C=O) groups excluding carboxylic acids is 1. The van der Waals surface area contributed by atoms with Gasteiger partial charge in [0.25, 0.3) is 0 Å². The molecular weight excluding hydrogens is 436 g/mol. The average molecular weight is 465 g/mol. The minimum atomic E-state index is -3.09. The summed E-state index contributed by atoms with van der Waals surface area (Å²) in [6.45, 7) is 2.73. The Balaban J connectivity index is 1.60. The molecule has 1 fully saturated rings. The predicted molar refractivity (Wildman–Crippen MR) is 121 cm³/mol. The van der Waals surface area contributed by atoms with Crippen molar-refractivity contribution in [2.45, 2.75) is 31.3 Å². The fraction of sp³-hybridized carbons (Fsp3) is 0.500. The lowest BCUT2D eigenvalue weighted by Crippen LogP contribution is -2.51. The summed E-state index contributed by atoms with van der Waals surface area (Å²) in [7, 11) is 0.163. The van der Waals surface area contributed by atoms with Gasteiger partial charge in [-0.25, -0.2) is 8.42 Å². The molecule has 1 saturated heterocycles. The molecule has 2 atom stereocenters. The number of rotatable bonds is 6. The Hall–Kier alpha value is -2.10. The van der Waals surface area contributed by atoms with Gasteiger partial charge in [-0.3, -0.25) is 9.69 Å². The van der Waals surface area contributed by atoms with Crippen LogP contribution in [0.1, 0.15) is 35.4 Å². The molecule has 7 nitrogen and oxygen atoms in total. The van der Waals surface area contributed by atoms with Crippen molar-refractivity contribution in [1.82, 2.24) is 10.2 Å². The summed E-state index contributed by atoms with van der Waals surface area (Å²) < 4.78 is 34.8. The maximum absolute atomic E-state index is 12.9. The Morgan fingerprint density at radius 2 is 2.03 bits per heavy atom. The number of hydrogen-bond donors (Lipinski definition) is 1. The largest absolute Gasteiger partial charge is 0.493 e. The highest BCUT2D eigenvalue weighted by Crippen LogP contribution is 2.42. The standard InChI is InChI=1S/C22H28N2O5S2/c1-22(7-10-31(26,27)14-22)23-20(25)13-24-8-6-15-11-17(28-2)18(29-3)12-16(15)21(24)19-5-4-9-30-19/h4-5,9,11-12,21H,6-8,10,13-14H2,1-3H3,(H,23,25)/t21-,22-/m0/s1. The van der Waals surface area contributed by atoms with Gasteiger partial charge in [0.1, 0.15) is 0 Å². The van der Waals surface area contributed by atoms with Gasteiger partial charge in [-0.05, 0) is 54.5 Å². The number of thiophene rings is 1. The molecule has 2 aliphatic rings. The van der Waals surface area contributed by atoms with Crippen molar-refractivity contribution < 1.29 is 22.7 Å². The minimum Gasteiger partial charge on any atom is -0.493 e. The molecule has 31 heavy (non-hydrogen) atoms. The zero-order valence-corrected chi connectivity index (χ0v) is 19.6. The van der Waals surface area contributed by atoms with Gasteiger partial charge < -0.3 is 14.8 Å². The van der Waals surface area contributed by atoms with E-state index in [2.05, 4.69) is 16.3 Å². The summed E-state index contributed by atoms with van der Waals surface area (Å²) in [5.41, 5.74) is 1.59. The topological polar surface area (TPSA) is 84.9 Å². The van der Waals surface area contributed by atoms with E-state index in [1.165, 1.54) is 5.56 Å². The summed E-state index contributed by atoms with van der Waals surface area (Å²) in [5.74, 6) is 1.34. The van der Waals surface area contributed by atoms with Gasteiger partial charge in [0, 0.05) is 11.4 Å². The molecule has 0 aliphatic carbocycles. The lowest BCUT2D eigenvalue weighted by Gasteiger charge is -2.37. The molecule has 0 saturated carbocycles. The zero-order chi connectivity index (χ0) is 22.2. The fourth-order valence-electron chi connectivity index (χ4n) is 4.62. The van der Waals surface area contributed by atoms with Crippen molar-refractivity contribution >= 4 is 27.1 Å². The molecule has 2 aromatic rings. The molecule has 0 spiro atoms. The Morgan fingerprint density at radius 3 is 2.65 bits per heavy atom. The van der Waals surface area contributed by atoms with E-state index in [9.17, 15) is 13.2 Å².